The van der Waals surface area contributed by atoms with Crippen LogP contribution in [0.3, 0.4) is 0 Å². The Morgan fingerprint density at radius 2 is 1.86 bits per heavy atom. The zero-order valence-electron chi connectivity index (χ0n) is 15.8. The highest BCUT2D eigenvalue weighted by Gasteiger charge is 2.33. The number of fused-ring (bicyclic) bond motifs is 2. The molecule has 1 N–H and O–H groups in total. The Balaban J connectivity index is 1.64. The number of aryl methyl sites for hydroxylation is 1. The summed E-state index contributed by atoms with van der Waals surface area (Å²) in [6.07, 6.45) is -4.53. The predicted octanol–water partition coefficient (Wildman–Crippen LogP) is 5.02. The van der Waals surface area contributed by atoms with Crippen molar-refractivity contribution in [2.24, 2.45) is 0 Å². The number of ether oxygens (including phenoxy) is 2. The molecular formula is C20H17F3N2O3S. The van der Waals surface area contributed by atoms with Gasteiger partial charge in [-0.3, -0.25) is 4.79 Å². The number of rotatable bonds is 3. The van der Waals surface area contributed by atoms with Crippen LogP contribution in [0.4, 0.5) is 13.2 Å². The van der Waals surface area contributed by atoms with Crippen LogP contribution in [0.2, 0.25) is 0 Å². The average molecular weight is 422 g/mol. The Bertz CT molecular complexity index is 1120. The lowest BCUT2D eigenvalue weighted by Gasteiger charge is -2.27. The maximum Gasteiger partial charge on any atom is 0.433 e. The Labute approximate surface area is 168 Å². The molecule has 4 rings (SSSR count). The van der Waals surface area contributed by atoms with Gasteiger partial charge in [-0.1, -0.05) is 6.07 Å². The van der Waals surface area contributed by atoms with E-state index in [0.717, 1.165) is 23.0 Å². The van der Waals surface area contributed by atoms with E-state index in [9.17, 15) is 18.0 Å². The maximum atomic E-state index is 12.9. The molecule has 0 fully saturated rings. The van der Waals surface area contributed by atoms with E-state index in [4.69, 9.17) is 9.47 Å². The third-order valence-electron chi connectivity index (χ3n) is 4.82. The van der Waals surface area contributed by atoms with E-state index in [0.29, 0.717) is 27.3 Å². The molecule has 1 aromatic carbocycles. The van der Waals surface area contributed by atoms with Crippen molar-refractivity contribution in [2.75, 3.05) is 6.79 Å². The van der Waals surface area contributed by atoms with Crippen LogP contribution in [0.15, 0.2) is 30.3 Å². The largest absolute Gasteiger partial charge is 0.454 e. The molecule has 0 aliphatic carbocycles. The average Bonchev–Trinajstić information content (AvgIpc) is 3.24. The summed E-state index contributed by atoms with van der Waals surface area (Å²) >= 11 is 0.950. The lowest BCUT2D eigenvalue weighted by atomic mass is 9.93. The molecule has 3 heterocycles. The van der Waals surface area contributed by atoms with Crippen LogP contribution >= 0.6 is 11.3 Å². The molecule has 0 unspecified atom stereocenters. The van der Waals surface area contributed by atoms with Gasteiger partial charge in [0.1, 0.15) is 10.5 Å². The first-order valence-electron chi connectivity index (χ1n) is 8.76. The molecule has 1 aliphatic rings. The van der Waals surface area contributed by atoms with Crippen LogP contribution in [0, 0.1) is 6.92 Å². The van der Waals surface area contributed by atoms with Gasteiger partial charge in [0.2, 0.25) is 6.79 Å². The number of nitrogens with one attached hydrogen (secondary N) is 1. The number of alkyl halides is 3. The van der Waals surface area contributed by atoms with Gasteiger partial charge in [0.05, 0.1) is 10.4 Å². The fourth-order valence-electron chi connectivity index (χ4n) is 3.17. The molecule has 1 aliphatic heterocycles. The highest BCUT2D eigenvalue weighted by atomic mass is 32.1. The molecule has 0 saturated carbocycles. The summed E-state index contributed by atoms with van der Waals surface area (Å²) in [6.45, 7) is 5.53. The SMILES string of the molecule is Cc1c(C(=O)NC(C)(C)c2ccc3c(c2)OCO3)sc2nc(C(F)(F)F)ccc12. The number of nitrogens with zero attached hydrogens (tertiary/aromatic N) is 1. The predicted molar refractivity (Wildman–Crippen MR) is 102 cm³/mol. The topological polar surface area (TPSA) is 60.5 Å². The van der Waals surface area contributed by atoms with Gasteiger partial charge in [-0.25, -0.2) is 4.98 Å². The lowest BCUT2D eigenvalue weighted by molar-refractivity contribution is -0.140. The summed E-state index contributed by atoms with van der Waals surface area (Å²) < 4.78 is 49.5. The zero-order valence-corrected chi connectivity index (χ0v) is 16.6. The summed E-state index contributed by atoms with van der Waals surface area (Å²) in [5.74, 6) is 0.872. The van der Waals surface area contributed by atoms with Crippen LogP contribution in [-0.2, 0) is 11.7 Å². The van der Waals surface area contributed by atoms with Crippen molar-refractivity contribution in [3.8, 4) is 11.5 Å². The summed E-state index contributed by atoms with van der Waals surface area (Å²) in [7, 11) is 0. The molecule has 0 bridgehead atoms. The first kappa shape index (κ1) is 19.5. The molecular weight excluding hydrogens is 405 g/mol. The number of carbonyl (C=O) groups excluding carboxylic acids is 1. The van der Waals surface area contributed by atoms with Crippen LogP contribution in [0.5, 0.6) is 11.5 Å². The van der Waals surface area contributed by atoms with E-state index < -0.39 is 17.4 Å². The summed E-state index contributed by atoms with van der Waals surface area (Å²) in [5.41, 5.74) is -0.305. The van der Waals surface area contributed by atoms with Gasteiger partial charge in [0, 0.05) is 5.39 Å². The standard InChI is InChI=1S/C20H17F3N2O3S/c1-10-12-5-7-15(20(21,22)23)24-18(12)29-16(10)17(26)25-19(2,3)11-4-6-13-14(8-11)28-9-27-13/h4-8H,9H2,1-3H3,(H,25,26). The van der Waals surface area contributed by atoms with Crippen LogP contribution in [0.1, 0.15) is 40.3 Å². The molecule has 2 aromatic heterocycles. The number of hydrogen-bond donors (Lipinski definition) is 1. The number of halogens is 3. The number of pyridine rings is 1. The fraction of sp³-hybridized carbons (Fsp3) is 0.300. The van der Waals surface area contributed by atoms with Gasteiger partial charge in [0.15, 0.2) is 11.5 Å². The van der Waals surface area contributed by atoms with Crippen molar-refractivity contribution in [1.82, 2.24) is 10.3 Å². The highest BCUT2D eigenvalue weighted by molar-refractivity contribution is 7.20. The van der Waals surface area contributed by atoms with E-state index in [1.807, 2.05) is 19.9 Å². The smallest absolute Gasteiger partial charge is 0.433 e. The minimum atomic E-state index is -4.53. The summed E-state index contributed by atoms with van der Waals surface area (Å²) in [5, 5.41) is 3.49. The molecule has 3 aromatic rings. The highest BCUT2D eigenvalue weighted by Crippen LogP contribution is 2.37. The van der Waals surface area contributed by atoms with E-state index in [-0.39, 0.29) is 17.5 Å². The Kier molecular flexibility index (Phi) is 4.45. The quantitative estimate of drug-likeness (QED) is 0.644. The third kappa shape index (κ3) is 3.50. The van der Waals surface area contributed by atoms with Gasteiger partial charge in [-0.2, -0.15) is 13.2 Å². The Hall–Kier alpha value is -2.81. The Morgan fingerprint density at radius 3 is 2.59 bits per heavy atom. The summed E-state index contributed by atoms with van der Waals surface area (Å²) in [6, 6.07) is 7.70. The van der Waals surface area contributed by atoms with Crippen molar-refractivity contribution in [1.29, 1.82) is 0 Å². The van der Waals surface area contributed by atoms with Crippen molar-refractivity contribution < 1.29 is 27.4 Å². The number of hydrogen-bond acceptors (Lipinski definition) is 5. The monoisotopic (exact) mass is 422 g/mol. The number of thiophene rings is 1. The number of benzene rings is 1. The van der Waals surface area contributed by atoms with Crippen LogP contribution in [-0.4, -0.2) is 17.7 Å². The molecule has 0 saturated heterocycles. The molecule has 9 heteroatoms. The van der Waals surface area contributed by atoms with Crippen molar-refractivity contribution >= 4 is 27.5 Å². The van der Waals surface area contributed by atoms with E-state index in [1.165, 1.54) is 6.07 Å². The van der Waals surface area contributed by atoms with Gasteiger partial charge < -0.3 is 14.8 Å². The van der Waals surface area contributed by atoms with Gasteiger partial charge in [-0.05, 0) is 56.2 Å². The fourth-order valence-corrected chi connectivity index (χ4v) is 4.25. The van der Waals surface area contributed by atoms with Gasteiger partial charge >= 0.3 is 6.18 Å². The van der Waals surface area contributed by atoms with Crippen molar-refractivity contribution in [3.05, 3.63) is 52.0 Å². The normalized spacial score (nSPS) is 13.7. The number of amides is 1. The molecule has 152 valence electrons. The second-order valence-electron chi connectivity index (χ2n) is 7.25. The molecule has 0 spiro atoms. The van der Waals surface area contributed by atoms with E-state index in [1.54, 1.807) is 19.1 Å². The van der Waals surface area contributed by atoms with Gasteiger partial charge in [0.25, 0.3) is 5.91 Å². The molecule has 0 atom stereocenters. The zero-order chi connectivity index (χ0) is 21.0. The Morgan fingerprint density at radius 1 is 1.14 bits per heavy atom. The molecule has 1 amide bonds. The molecule has 0 radical (unpaired) electrons. The minimum Gasteiger partial charge on any atom is -0.454 e. The maximum absolute atomic E-state index is 12.9. The van der Waals surface area contributed by atoms with E-state index in [2.05, 4.69) is 10.3 Å². The first-order valence-corrected chi connectivity index (χ1v) is 9.58. The second-order valence-corrected chi connectivity index (χ2v) is 8.25. The summed E-state index contributed by atoms with van der Waals surface area (Å²) in [4.78, 5) is 17.1. The van der Waals surface area contributed by atoms with E-state index >= 15 is 0 Å². The molecule has 5 nitrogen and oxygen atoms in total. The lowest BCUT2D eigenvalue weighted by Crippen LogP contribution is -2.40. The van der Waals surface area contributed by atoms with Crippen LogP contribution < -0.4 is 14.8 Å². The first-order chi connectivity index (χ1) is 13.6. The number of aromatic nitrogens is 1. The van der Waals surface area contributed by atoms with Gasteiger partial charge in [-0.15, -0.1) is 11.3 Å². The molecule has 29 heavy (non-hydrogen) atoms. The number of carbonyl (C=O) groups is 1. The van der Waals surface area contributed by atoms with Crippen LogP contribution in [0.25, 0.3) is 10.2 Å². The second kappa shape index (κ2) is 6.62. The van der Waals surface area contributed by atoms with Crippen molar-refractivity contribution in [3.63, 3.8) is 0 Å². The minimum absolute atomic E-state index is 0.152. The van der Waals surface area contributed by atoms with Crippen molar-refractivity contribution in [2.45, 2.75) is 32.5 Å². The third-order valence-corrected chi connectivity index (χ3v) is 6.02.